The average molecular weight is 325 g/mol. The quantitative estimate of drug-likeness (QED) is 0.694. The van der Waals surface area contributed by atoms with Gasteiger partial charge in [0.15, 0.2) is 16.5 Å². The zero-order valence-corrected chi connectivity index (χ0v) is 16.7. The molecule has 0 fully saturated rings. The van der Waals surface area contributed by atoms with E-state index in [-0.39, 0.29) is 0 Å². The van der Waals surface area contributed by atoms with Gasteiger partial charge in [0, 0.05) is 22.7 Å². The van der Waals surface area contributed by atoms with Crippen molar-refractivity contribution in [1.82, 2.24) is 0 Å². The van der Waals surface area contributed by atoms with E-state index in [1.165, 1.54) is 22.7 Å². The Morgan fingerprint density at radius 1 is 0.529 bits per heavy atom. The van der Waals surface area contributed by atoms with Crippen LogP contribution in [0.2, 0.25) is 52.4 Å². The second kappa shape index (κ2) is 6.46. The van der Waals surface area contributed by atoms with Crippen molar-refractivity contribution < 1.29 is 0 Å². The van der Waals surface area contributed by atoms with Crippen LogP contribution >= 0.6 is 0 Å². The summed E-state index contributed by atoms with van der Waals surface area (Å²) in [6.45, 7) is 17.5. The van der Waals surface area contributed by atoms with E-state index < -0.39 is 24.9 Å². The molecule has 0 bridgehead atoms. The minimum Gasteiger partial charge on any atom is -0.257 e. The number of hydrogen-bond acceptors (Lipinski definition) is 4. The minimum atomic E-state index is -1.87. The highest BCUT2D eigenvalue weighted by Gasteiger charge is 2.19. The Balaban J connectivity index is 4.83. The molecule has 0 atom stereocenters. The second-order valence-electron chi connectivity index (χ2n) is 6.36. The first kappa shape index (κ1) is 17.3. The van der Waals surface area contributed by atoms with E-state index in [1.54, 1.807) is 0 Å². The van der Waals surface area contributed by atoms with Crippen molar-refractivity contribution >= 4 is 47.6 Å². The molecule has 0 amide bonds. The van der Waals surface area contributed by atoms with Crippen molar-refractivity contribution in [1.29, 1.82) is 0 Å². The van der Waals surface area contributed by atoms with Gasteiger partial charge in [0.25, 0.3) is 0 Å². The van der Waals surface area contributed by atoms with Crippen molar-refractivity contribution in [3.05, 3.63) is 0 Å². The fourth-order valence-corrected chi connectivity index (χ4v) is 5.56. The third kappa shape index (κ3) is 12.5. The molecule has 0 N–H and O–H groups in total. The molecule has 0 saturated carbocycles. The van der Waals surface area contributed by atoms with E-state index >= 15 is 0 Å². The van der Waals surface area contributed by atoms with Crippen LogP contribution in [0.15, 0.2) is 16.1 Å². The Morgan fingerprint density at radius 2 is 0.824 bits per heavy atom. The Morgan fingerprint density at radius 3 is 1.06 bits per heavy atom. The lowest BCUT2D eigenvalue weighted by Gasteiger charge is -2.07. The van der Waals surface area contributed by atoms with Crippen LogP contribution in [0.5, 0.6) is 0 Å². The maximum Gasteiger partial charge on any atom is 0.327 e. The van der Waals surface area contributed by atoms with Gasteiger partial charge >= 0.3 is 8.40 Å². The first-order chi connectivity index (χ1) is 7.41. The standard InChI is InChI=1S/C8H24N4S2Si3/c1-15(2,3)9-13-11-17(7,8)12-14-10-16(4,5)6/h1-8H3. The van der Waals surface area contributed by atoms with E-state index in [2.05, 4.69) is 68.5 Å². The maximum atomic E-state index is 4.55. The highest BCUT2D eigenvalue weighted by Crippen LogP contribution is 2.07. The van der Waals surface area contributed by atoms with Gasteiger partial charge in [-0.2, -0.15) is 0 Å². The third-order valence-electron chi connectivity index (χ3n) is 1.16. The van der Waals surface area contributed by atoms with Gasteiger partial charge in [-0.05, 0) is 52.4 Å². The molecular weight excluding hydrogens is 301 g/mol. The summed E-state index contributed by atoms with van der Waals surface area (Å²) in [7, 11) is -4.60. The summed E-state index contributed by atoms with van der Waals surface area (Å²) >= 11 is 2.72. The molecule has 17 heavy (non-hydrogen) atoms. The van der Waals surface area contributed by atoms with Gasteiger partial charge in [0.1, 0.15) is 0 Å². The first-order valence-corrected chi connectivity index (χ1v) is 16.9. The Kier molecular flexibility index (Phi) is 6.57. The predicted molar refractivity (Wildman–Crippen MR) is 88.6 cm³/mol. The molecule has 0 radical (unpaired) electrons. The molecule has 0 heterocycles. The fraction of sp³-hybridized carbons (Fsp3) is 1.00. The molecule has 100 valence electrons. The molecule has 0 spiro atoms. The van der Waals surface area contributed by atoms with Crippen molar-refractivity contribution in [2.24, 2.45) is 16.1 Å². The molecule has 0 aromatic heterocycles. The lowest BCUT2D eigenvalue weighted by Crippen LogP contribution is -2.20. The van der Waals surface area contributed by atoms with Crippen molar-refractivity contribution in [2.75, 3.05) is 0 Å². The number of hydrogen-bond donors (Lipinski definition) is 0. The SMILES string of the molecule is C[Si](C)(C)N=S=N[Si](C)(C)N=S=N[Si](C)(C)C. The molecular formula is C8H24N4S2Si3. The largest absolute Gasteiger partial charge is 0.327 e. The Bertz CT molecular complexity index is 347. The molecule has 4 nitrogen and oxygen atoms in total. The van der Waals surface area contributed by atoms with Crippen LogP contribution in [0.1, 0.15) is 0 Å². The highest BCUT2D eigenvalue weighted by molar-refractivity contribution is 7.61. The van der Waals surface area contributed by atoms with Gasteiger partial charge < -0.3 is 0 Å². The van der Waals surface area contributed by atoms with Crippen LogP contribution in [0, 0.1) is 0 Å². The lowest BCUT2D eigenvalue weighted by atomic mass is 11.8. The van der Waals surface area contributed by atoms with Crippen LogP contribution in [0.25, 0.3) is 0 Å². The van der Waals surface area contributed by atoms with Crippen LogP contribution in [-0.4, -0.2) is 24.9 Å². The van der Waals surface area contributed by atoms with Gasteiger partial charge in [-0.15, -0.1) is 0 Å². The van der Waals surface area contributed by atoms with Crippen molar-refractivity contribution in [3.8, 4) is 0 Å². The van der Waals surface area contributed by atoms with Crippen LogP contribution < -0.4 is 0 Å². The zero-order chi connectivity index (χ0) is 13.7. The molecule has 0 aliphatic carbocycles. The van der Waals surface area contributed by atoms with Crippen LogP contribution in [-0.2, 0) is 22.7 Å². The molecule has 0 aromatic rings. The molecule has 0 rings (SSSR count). The summed E-state index contributed by atoms with van der Waals surface area (Å²) in [5, 5.41) is 0. The summed E-state index contributed by atoms with van der Waals surface area (Å²) < 4.78 is 18.2. The minimum absolute atomic E-state index is 1.36. The Hall–Kier alpha value is 0.291. The summed E-state index contributed by atoms with van der Waals surface area (Å²) in [5.41, 5.74) is 0. The maximum absolute atomic E-state index is 4.55. The molecule has 0 unspecified atom stereocenters. The first-order valence-electron chi connectivity index (χ1n) is 5.62. The molecule has 0 saturated heterocycles. The third-order valence-corrected chi connectivity index (χ3v) is 10.4. The summed E-state index contributed by atoms with van der Waals surface area (Å²) in [5.74, 6) is 0. The van der Waals surface area contributed by atoms with Gasteiger partial charge in [-0.3, -0.25) is 8.06 Å². The predicted octanol–water partition coefficient (Wildman–Crippen LogP) is 4.26. The van der Waals surface area contributed by atoms with E-state index in [9.17, 15) is 0 Å². The smallest absolute Gasteiger partial charge is 0.257 e. The van der Waals surface area contributed by atoms with Gasteiger partial charge in [-0.1, -0.05) is 0 Å². The van der Waals surface area contributed by atoms with E-state index in [1.807, 2.05) is 0 Å². The second-order valence-corrected chi connectivity index (χ2v) is 21.3. The fourth-order valence-electron chi connectivity index (χ4n) is 0.502. The highest BCUT2D eigenvalue weighted by atomic mass is 32.1. The lowest BCUT2D eigenvalue weighted by molar-refractivity contribution is 1.52. The molecule has 9 heteroatoms. The summed E-state index contributed by atoms with van der Waals surface area (Å²) in [4.78, 5) is 0. The van der Waals surface area contributed by atoms with Crippen molar-refractivity contribution in [3.63, 3.8) is 0 Å². The van der Waals surface area contributed by atoms with Gasteiger partial charge in [0.2, 0.25) is 0 Å². The summed E-state index contributed by atoms with van der Waals surface area (Å²) in [6.07, 6.45) is 0. The zero-order valence-electron chi connectivity index (χ0n) is 12.1. The monoisotopic (exact) mass is 324 g/mol. The summed E-state index contributed by atoms with van der Waals surface area (Å²) in [6, 6.07) is 0. The van der Waals surface area contributed by atoms with Crippen molar-refractivity contribution in [2.45, 2.75) is 52.4 Å². The van der Waals surface area contributed by atoms with E-state index in [0.717, 1.165) is 0 Å². The number of rotatable bonds is 4. The molecule has 0 aliphatic rings. The average Bonchev–Trinajstić information content (AvgIpc) is 1.96. The Labute approximate surface area is 116 Å². The number of nitrogens with zero attached hydrogens (tertiary/aromatic N) is 4. The van der Waals surface area contributed by atoms with E-state index in [4.69, 9.17) is 0 Å². The van der Waals surface area contributed by atoms with Crippen LogP contribution in [0.4, 0.5) is 0 Å². The molecule has 0 aliphatic heterocycles. The van der Waals surface area contributed by atoms with Crippen LogP contribution in [0.3, 0.4) is 0 Å². The topological polar surface area (TPSA) is 49.4 Å². The normalized spacial score (nSPS) is 12.7. The van der Waals surface area contributed by atoms with Gasteiger partial charge in [-0.25, -0.2) is 8.06 Å². The van der Waals surface area contributed by atoms with E-state index in [0.29, 0.717) is 0 Å². The van der Waals surface area contributed by atoms with Gasteiger partial charge in [0.05, 0.1) is 0 Å². The molecule has 0 aromatic carbocycles.